The van der Waals surface area contributed by atoms with Crippen molar-refractivity contribution in [2.45, 2.75) is 37.6 Å². The number of benzene rings is 2. The third-order valence-corrected chi connectivity index (χ3v) is 7.25. The Hall–Kier alpha value is -2.58. The van der Waals surface area contributed by atoms with Crippen molar-refractivity contribution >= 4 is 21.6 Å². The second kappa shape index (κ2) is 10.4. The van der Waals surface area contributed by atoms with Crippen molar-refractivity contribution in [1.29, 1.82) is 0 Å². The largest absolute Gasteiger partial charge is 0.497 e. The fourth-order valence-electron chi connectivity index (χ4n) is 4.30. The summed E-state index contributed by atoms with van der Waals surface area (Å²) in [4.78, 5) is 13.3. The first-order valence-corrected chi connectivity index (χ1v) is 12.7. The standard InChI is InChI=1S/C24H32N2O5S/c1-4-22(26(32(3,28)29)20-11-8-12-21(17-20)30-2)23(27)25-18-24(13-15-31-16-14-24)19-9-6-5-7-10-19/h5-12,17,22H,4,13-16,18H2,1-3H3,(H,25,27)/t22-/m0/s1. The normalized spacial score (nSPS) is 16.7. The summed E-state index contributed by atoms with van der Waals surface area (Å²) < 4.78 is 37.4. The third-order valence-electron chi connectivity index (χ3n) is 6.07. The second-order valence-electron chi connectivity index (χ2n) is 8.16. The highest BCUT2D eigenvalue weighted by Crippen LogP contribution is 2.34. The maximum atomic E-state index is 13.3. The molecule has 1 fully saturated rings. The van der Waals surface area contributed by atoms with Gasteiger partial charge in [-0.1, -0.05) is 43.3 Å². The Morgan fingerprint density at radius 2 is 1.84 bits per heavy atom. The second-order valence-corrected chi connectivity index (χ2v) is 10.0. The van der Waals surface area contributed by atoms with Crippen LogP contribution in [-0.4, -0.2) is 53.5 Å². The summed E-state index contributed by atoms with van der Waals surface area (Å²) in [7, 11) is -2.19. The lowest BCUT2D eigenvalue weighted by molar-refractivity contribution is -0.122. The van der Waals surface area contributed by atoms with E-state index in [1.807, 2.05) is 25.1 Å². The van der Waals surface area contributed by atoms with Crippen LogP contribution in [0.25, 0.3) is 0 Å². The number of ether oxygens (including phenoxy) is 2. The van der Waals surface area contributed by atoms with Crippen LogP contribution in [0.3, 0.4) is 0 Å². The molecular formula is C24H32N2O5S. The van der Waals surface area contributed by atoms with E-state index < -0.39 is 16.1 Å². The van der Waals surface area contributed by atoms with Gasteiger partial charge in [-0.2, -0.15) is 0 Å². The summed E-state index contributed by atoms with van der Waals surface area (Å²) in [6, 6.07) is 16.0. The molecule has 0 unspecified atom stereocenters. The van der Waals surface area contributed by atoms with Gasteiger partial charge in [0, 0.05) is 31.2 Å². The molecule has 1 saturated heterocycles. The number of amides is 1. The Balaban J connectivity index is 1.86. The maximum Gasteiger partial charge on any atom is 0.243 e. The smallest absolute Gasteiger partial charge is 0.243 e. The monoisotopic (exact) mass is 460 g/mol. The van der Waals surface area contributed by atoms with Gasteiger partial charge in [0.15, 0.2) is 0 Å². The predicted octanol–water partition coefficient (Wildman–Crippen LogP) is 3.10. The quantitative estimate of drug-likeness (QED) is 0.622. The first-order valence-electron chi connectivity index (χ1n) is 10.9. The van der Waals surface area contributed by atoms with Crippen LogP contribution in [0.1, 0.15) is 31.7 Å². The Kier molecular flexibility index (Phi) is 7.79. The van der Waals surface area contributed by atoms with Crippen LogP contribution in [0, 0.1) is 0 Å². The number of nitrogens with zero attached hydrogens (tertiary/aromatic N) is 1. The van der Waals surface area contributed by atoms with Crippen LogP contribution in [0.5, 0.6) is 5.75 Å². The summed E-state index contributed by atoms with van der Waals surface area (Å²) in [6.07, 6.45) is 3.03. The molecule has 0 spiro atoms. The zero-order valence-corrected chi connectivity index (χ0v) is 19.7. The lowest BCUT2D eigenvalue weighted by Gasteiger charge is -2.39. The minimum Gasteiger partial charge on any atom is -0.497 e. The molecule has 7 nitrogen and oxygen atoms in total. The topological polar surface area (TPSA) is 84.9 Å². The number of hydrogen-bond donors (Lipinski definition) is 1. The molecule has 174 valence electrons. The van der Waals surface area contributed by atoms with Crippen molar-refractivity contribution in [3.8, 4) is 5.75 Å². The van der Waals surface area contributed by atoms with E-state index in [2.05, 4.69) is 17.4 Å². The van der Waals surface area contributed by atoms with Gasteiger partial charge >= 0.3 is 0 Å². The van der Waals surface area contributed by atoms with Gasteiger partial charge in [-0.05, 0) is 37.0 Å². The summed E-state index contributed by atoms with van der Waals surface area (Å²) in [5.41, 5.74) is 1.32. The summed E-state index contributed by atoms with van der Waals surface area (Å²) >= 11 is 0. The molecule has 0 saturated carbocycles. The number of carbonyl (C=O) groups excluding carboxylic acids is 1. The highest BCUT2D eigenvalue weighted by atomic mass is 32.2. The van der Waals surface area contributed by atoms with E-state index in [1.165, 1.54) is 11.4 Å². The van der Waals surface area contributed by atoms with E-state index in [-0.39, 0.29) is 11.3 Å². The number of rotatable bonds is 9. The number of hydrogen-bond acceptors (Lipinski definition) is 5. The molecule has 1 heterocycles. The minimum atomic E-state index is -3.71. The molecule has 8 heteroatoms. The number of anilines is 1. The van der Waals surface area contributed by atoms with Crippen molar-refractivity contribution in [1.82, 2.24) is 5.32 Å². The Morgan fingerprint density at radius 1 is 1.16 bits per heavy atom. The highest BCUT2D eigenvalue weighted by molar-refractivity contribution is 7.92. The average molecular weight is 461 g/mol. The molecule has 3 rings (SSSR count). The number of nitrogens with one attached hydrogen (secondary N) is 1. The first-order chi connectivity index (χ1) is 15.3. The SMILES string of the molecule is CC[C@@H](C(=O)NCC1(c2ccccc2)CCOCC1)N(c1cccc(OC)c1)S(C)(=O)=O. The molecule has 0 aromatic heterocycles. The van der Waals surface area contributed by atoms with Gasteiger partial charge < -0.3 is 14.8 Å². The fraction of sp³-hybridized carbons (Fsp3) is 0.458. The molecule has 1 amide bonds. The molecule has 0 bridgehead atoms. The number of methoxy groups -OCH3 is 1. The Bertz CT molecular complexity index is 1000. The van der Waals surface area contributed by atoms with Crippen molar-refractivity contribution in [3.05, 3.63) is 60.2 Å². The van der Waals surface area contributed by atoms with Crippen LogP contribution in [0.4, 0.5) is 5.69 Å². The zero-order valence-electron chi connectivity index (χ0n) is 18.9. The van der Waals surface area contributed by atoms with Crippen LogP contribution in [-0.2, 0) is 25.0 Å². The first kappa shape index (κ1) is 24.1. The minimum absolute atomic E-state index is 0.237. The van der Waals surface area contributed by atoms with E-state index in [9.17, 15) is 13.2 Å². The van der Waals surface area contributed by atoms with Crippen LogP contribution in [0.15, 0.2) is 54.6 Å². The summed E-state index contributed by atoms with van der Waals surface area (Å²) in [5, 5.41) is 3.06. The van der Waals surface area contributed by atoms with Crippen molar-refractivity contribution in [2.75, 3.05) is 37.4 Å². The number of sulfonamides is 1. The molecular weight excluding hydrogens is 428 g/mol. The molecule has 1 N–H and O–H groups in total. The lowest BCUT2D eigenvalue weighted by Crippen LogP contribution is -2.52. The van der Waals surface area contributed by atoms with Crippen molar-refractivity contribution in [3.63, 3.8) is 0 Å². The molecule has 1 aliphatic heterocycles. The molecule has 1 atom stereocenters. The fourth-order valence-corrected chi connectivity index (χ4v) is 5.51. The van der Waals surface area contributed by atoms with E-state index in [1.54, 1.807) is 24.3 Å². The number of carbonyl (C=O) groups is 1. The average Bonchev–Trinajstić information content (AvgIpc) is 2.81. The summed E-state index contributed by atoms with van der Waals surface area (Å²) in [5.74, 6) is 0.208. The van der Waals surface area contributed by atoms with Gasteiger partial charge in [0.1, 0.15) is 11.8 Å². The molecule has 1 aliphatic rings. The van der Waals surface area contributed by atoms with Gasteiger partial charge in [-0.15, -0.1) is 0 Å². The van der Waals surface area contributed by atoms with Gasteiger partial charge in [0.2, 0.25) is 15.9 Å². The molecule has 0 radical (unpaired) electrons. The van der Waals surface area contributed by atoms with Crippen LogP contribution < -0.4 is 14.4 Å². The van der Waals surface area contributed by atoms with Crippen molar-refractivity contribution < 1.29 is 22.7 Å². The molecule has 2 aromatic rings. The van der Waals surface area contributed by atoms with Crippen molar-refractivity contribution in [2.24, 2.45) is 0 Å². The van der Waals surface area contributed by atoms with E-state index in [0.717, 1.165) is 24.7 Å². The van der Waals surface area contributed by atoms with E-state index >= 15 is 0 Å². The van der Waals surface area contributed by atoms with E-state index in [4.69, 9.17) is 9.47 Å². The van der Waals surface area contributed by atoms with Gasteiger partial charge in [0.25, 0.3) is 0 Å². The van der Waals surface area contributed by atoms with Gasteiger partial charge in [-0.25, -0.2) is 8.42 Å². The molecule has 32 heavy (non-hydrogen) atoms. The van der Waals surface area contributed by atoms with Gasteiger partial charge in [0.05, 0.1) is 19.1 Å². The Morgan fingerprint density at radius 3 is 2.44 bits per heavy atom. The van der Waals surface area contributed by atoms with E-state index in [0.29, 0.717) is 37.6 Å². The highest BCUT2D eigenvalue weighted by Gasteiger charge is 2.37. The maximum absolute atomic E-state index is 13.3. The predicted molar refractivity (Wildman–Crippen MR) is 126 cm³/mol. The molecule has 2 aromatic carbocycles. The summed E-state index contributed by atoms with van der Waals surface area (Å²) in [6.45, 7) is 3.48. The molecule has 0 aliphatic carbocycles. The van der Waals surface area contributed by atoms with Crippen LogP contribution in [0.2, 0.25) is 0 Å². The lowest BCUT2D eigenvalue weighted by atomic mass is 9.74. The third kappa shape index (κ3) is 5.42. The van der Waals surface area contributed by atoms with Gasteiger partial charge in [-0.3, -0.25) is 9.10 Å². The zero-order chi connectivity index (χ0) is 23.2. The van der Waals surface area contributed by atoms with Crippen LogP contribution >= 0.6 is 0 Å². The Labute approximate surface area is 190 Å².